The Morgan fingerprint density at radius 1 is 1.13 bits per heavy atom. The number of rotatable bonds is 5. The lowest BCUT2D eigenvalue weighted by Gasteiger charge is -2.29. The summed E-state index contributed by atoms with van der Waals surface area (Å²) in [5.74, 6) is 0. The normalized spacial score (nSPS) is 29.0. The Hall–Kier alpha value is -0.120. The second-order valence-corrected chi connectivity index (χ2v) is 4.77. The summed E-state index contributed by atoms with van der Waals surface area (Å²) in [6.45, 7) is 2.72. The smallest absolute Gasteiger partial charge is 0.0698 e. The molecule has 88 valence electrons. The molecule has 2 aliphatic rings. The average molecular weight is 213 g/mol. The molecule has 3 nitrogen and oxygen atoms in total. The third-order valence-electron chi connectivity index (χ3n) is 3.48. The SMILES string of the molecule is OCCOCC1CCCCCN1C1CC1. The van der Waals surface area contributed by atoms with Crippen LogP contribution in [0.1, 0.15) is 38.5 Å². The molecular formula is C12H23NO2. The molecule has 2 rings (SSSR count). The van der Waals surface area contributed by atoms with E-state index in [-0.39, 0.29) is 6.61 Å². The number of ether oxygens (including phenoxy) is 1. The van der Waals surface area contributed by atoms with E-state index in [2.05, 4.69) is 4.90 Å². The first-order valence-corrected chi connectivity index (χ1v) is 6.36. The molecule has 1 saturated heterocycles. The van der Waals surface area contributed by atoms with E-state index in [0.29, 0.717) is 12.6 Å². The zero-order valence-electron chi connectivity index (χ0n) is 9.53. The van der Waals surface area contributed by atoms with Crippen LogP contribution >= 0.6 is 0 Å². The maximum Gasteiger partial charge on any atom is 0.0698 e. The summed E-state index contributed by atoms with van der Waals surface area (Å²) < 4.78 is 5.49. The molecule has 2 fully saturated rings. The molecule has 0 spiro atoms. The lowest BCUT2D eigenvalue weighted by molar-refractivity contribution is 0.0374. The molecule has 1 aliphatic carbocycles. The summed E-state index contributed by atoms with van der Waals surface area (Å²) in [5.41, 5.74) is 0. The minimum atomic E-state index is 0.149. The summed E-state index contributed by atoms with van der Waals surface area (Å²) in [6.07, 6.45) is 8.12. The van der Waals surface area contributed by atoms with Crippen molar-refractivity contribution in [2.75, 3.05) is 26.4 Å². The fourth-order valence-electron chi connectivity index (χ4n) is 2.55. The van der Waals surface area contributed by atoms with Gasteiger partial charge >= 0.3 is 0 Å². The Bertz CT molecular complexity index is 182. The molecular weight excluding hydrogens is 190 g/mol. The molecule has 0 bridgehead atoms. The summed E-state index contributed by atoms with van der Waals surface area (Å²) >= 11 is 0. The second kappa shape index (κ2) is 5.83. The molecule has 0 amide bonds. The predicted octanol–water partition coefficient (Wildman–Crippen LogP) is 1.40. The minimum Gasteiger partial charge on any atom is -0.394 e. The number of hydrogen-bond acceptors (Lipinski definition) is 3. The van der Waals surface area contributed by atoms with Crippen LogP contribution in [-0.2, 0) is 4.74 Å². The van der Waals surface area contributed by atoms with Crippen LogP contribution in [0, 0.1) is 0 Å². The summed E-state index contributed by atoms with van der Waals surface area (Å²) in [5, 5.41) is 8.70. The lowest BCUT2D eigenvalue weighted by Crippen LogP contribution is -2.40. The van der Waals surface area contributed by atoms with Gasteiger partial charge in [-0.1, -0.05) is 12.8 Å². The summed E-state index contributed by atoms with van der Waals surface area (Å²) in [6, 6.07) is 1.47. The maximum absolute atomic E-state index is 8.70. The highest BCUT2D eigenvalue weighted by Crippen LogP contribution is 2.32. The molecule has 1 N–H and O–H groups in total. The Morgan fingerprint density at radius 3 is 2.73 bits per heavy atom. The highest BCUT2D eigenvalue weighted by Gasteiger charge is 2.34. The third-order valence-corrected chi connectivity index (χ3v) is 3.48. The quantitative estimate of drug-likeness (QED) is 0.701. The number of hydrogen-bond donors (Lipinski definition) is 1. The van der Waals surface area contributed by atoms with Crippen LogP contribution < -0.4 is 0 Å². The number of likely N-dealkylation sites (tertiary alicyclic amines) is 1. The predicted molar refractivity (Wildman–Crippen MR) is 59.9 cm³/mol. The Kier molecular flexibility index (Phi) is 4.42. The molecule has 1 heterocycles. The van der Waals surface area contributed by atoms with Gasteiger partial charge in [-0.25, -0.2) is 0 Å². The van der Waals surface area contributed by atoms with Crippen LogP contribution in [0.5, 0.6) is 0 Å². The van der Waals surface area contributed by atoms with Crippen LogP contribution in [0.3, 0.4) is 0 Å². The van der Waals surface area contributed by atoms with E-state index < -0.39 is 0 Å². The van der Waals surface area contributed by atoms with Crippen molar-refractivity contribution < 1.29 is 9.84 Å². The number of aliphatic hydroxyl groups is 1. The van der Waals surface area contributed by atoms with Crippen LogP contribution in [0.25, 0.3) is 0 Å². The fraction of sp³-hybridized carbons (Fsp3) is 1.00. The molecule has 15 heavy (non-hydrogen) atoms. The Balaban J connectivity index is 1.79. The van der Waals surface area contributed by atoms with Crippen LogP contribution in [0.4, 0.5) is 0 Å². The van der Waals surface area contributed by atoms with Gasteiger partial charge in [0.05, 0.1) is 19.8 Å². The molecule has 1 atom stereocenters. The van der Waals surface area contributed by atoms with E-state index in [1.165, 1.54) is 45.1 Å². The molecule has 1 aliphatic heterocycles. The van der Waals surface area contributed by atoms with Gasteiger partial charge in [-0.15, -0.1) is 0 Å². The molecule has 0 aromatic rings. The van der Waals surface area contributed by atoms with Crippen molar-refractivity contribution in [2.45, 2.75) is 50.6 Å². The van der Waals surface area contributed by atoms with Gasteiger partial charge < -0.3 is 9.84 Å². The van der Waals surface area contributed by atoms with E-state index >= 15 is 0 Å². The van der Waals surface area contributed by atoms with Gasteiger partial charge in [-0.3, -0.25) is 4.90 Å². The van der Waals surface area contributed by atoms with Crippen molar-refractivity contribution in [3.8, 4) is 0 Å². The zero-order valence-corrected chi connectivity index (χ0v) is 9.53. The highest BCUT2D eigenvalue weighted by molar-refractivity contribution is 4.89. The van der Waals surface area contributed by atoms with Crippen molar-refractivity contribution in [1.82, 2.24) is 4.90 Å². The summed E-state index contributed by atoms with van der Waals surface area (Å²) in [4.78, 5) is 2.66. The van der Waals surface area contributed by atoms with E-state index in [9.17, 15) is 0 Å². The molecule has 1 saturated carbocycles. The van der Waals surface area contributed by atoms with E-state index in [4.69, 9.17) is 9.84 Å². The molecule has 0 aromatic carbocycles. The number of nitrogens with zero attached hydrogens (tertiary/aromatic N) is 1. The van der Waals surface area contributed by atoms with Crippen molar-refractivity contribution in [3.63, 3.8) is 0 Å². The standard InChI is InChI=1S/C12H23NO2/c14-8-9-15-10-12-4-2-1-3-7-13(12)11-5-6-11/h11-12,14H,1-10H2. The first-order chi connectivity index (χ1) is 7.42. The van der Waals surface area contributed by atoms with Gasteiger partial charge in [0, 0.05) is 12.1 Å². The van der Waals surface area contributed by atoms with E-state index in [1.54, 1.807) is 0 Å². The van der Waals surface area contributed by atoms with Crippen molar-refractivity contribution in [3.05, 3.63) is 0 Å². The van der Waals surface area contributed by atoms with Gasteiger partial charge in [-0.05, 0) is 32.2 Å². The molecule has 0 aromatic heterocycles. The average Bonchev–Trinajstić information content (AvgIpc) is 3.04. The topological polar surface area (TPSA) is 32.7 Å². The molecule has 3 heteroatoms. The largest absolute Gasteiger partial charge is 0.394 e. The Morgan fingerprint density at radius 2 is 2.00 bits per heavy atom. The van der Waals surface area contributed by atoms with Crippen molar-refractivity contribution in [2.24, 2.45) is 0 Å². The van der Waals surface area contributed by atoms with Crippen molar-refractivity contribution in [1.29, 1.82) is 0 Å². The summed E-state index contributed by atoms with van der Waals surface area (Å²) in [7, 11) is 0. The lowest BCUT2D eigenvalue weighted by atomic mass is 10.1. The Labute approximate surface area is 92.4 Å². The molecule has 0 radical (unpaired) electrons. The van der Waals surface area contributed by atoms with Gasteiger partial charge in [0.15, 0.2) is 0 Å². The van der Waals surface area contributed by atoms with Gasteiger partial charge in [0.1, 0.15) is 0 Å². The van der Waals surface area contributed by atoms with Crippen LogP contribution in [-0.4, -0.2) is 48.5 Å². The van der Waals surface area contributed by atoms with Gasteiger partial charge in [0.2, 0.25) is 0 Å². The van der Waals surface area contributed by atoms with Crippen molar-refractivity contribution >= 4 is 0 Å². The molecule has 1 unspecified atom stereocenters. The maximum atomic E-state index is 8.70. The first kappa shape index (κ1) is 11.4. The number of aliphatic hydroxyl groups excluding tert-OH is 1. The van der Waals surface area contributed by atoms with Crippen LogP contribution in [0.2, 0.25) is 0 Å². The first-order valence-electron chi connectivity index (χ1n) is 6.36. The van der Waals surface area contributed by atoms with Gasteiger partial charge in [-0.2, -0.15) is 0 Å². The highest BCUT2D eigenvalue weighted by atomic mass is 16.5. The van der Waals surface area contributed by atoms with E-state index in [1.807, 2.05) is 0 Å². The third kappa shape index (κ3) is 3.44. The van der Waals surface area contributed by atoms with Gasteiger partial charge in [0.25, 0.3) is 0 Å². The van der Waals surface area contributed by atoms with E-state index in [0.717, 1.165) is 12.6 Å². The zero-order chi connectivity index (χ0) is 10.5. The van der Waals surface area contributed by atoms with Crippen LogP contribution in [0.15, 0.2) is 0 Å². The second-order valence-electron chi connectivity index (χ2n) is 4.77. The fourth-order valence-corrected chi connectivity index (χ4v) is 2.55. The minimum absolute atomic E-state index is 0.149. The monoisotopic (exact) mass is 213 g/mol.